The van der Waals surface area contributed by atoms with Crippen molar-refractivity contribution in [2.45, 2.75) is 16.4 Å². The second-order valence-corrected chi connectivity index (χ2v) is 3.90. The second kappa shape index (κ2) is 3.97. The summed E-state index contributed by atoms with van der Waals surface area (Å²) in [5.41, 5.74) is 0. The minimum atomic E-state index is -1.11. The van der Waals surface area contributed by atoms with Crippen molar-refractivity contribution in [2.75, 3.05) is 13.1 Å². The van der Waals surface area contributed by atoms with Crippen molar-refractivity contribution in [2.24, 2.45) is 5.92 Å². The quantitative estimate of drug-likeness (QED) is 0.453. The van der Waals surface area contributed by atoms with Gasteiger partial charge in [0, 0.05) is 19.0 Å². The van der Waals surface area contributed by atoms with E-state index in [4.69, 9.17) is 5.11 Å². The Hall–Kier alpha value is 0.540. The molecule has 0 aromatic rings. The smallest absolute Gasteiger partial charge is 0.157 e. The Labute approximate surface area is 78.1 Å². The molecule has 0 radical (unpaired) electrons. The van der Waals surface area contributed by atoms with Crippen LogP contribution in [0.5, 0.6) is 0 Å². The molecule has 3 nitrogen and oxygen atoms in total. The van der Waals surface area contributed by atoms with Crippen LogP contribution in [0.1, 0.15) is 0 Å². The van der Waals surface area contributed by atoms with E-state index in [1.54, 1.807) is 22.6 Å². The zero-order valence-corrected chi connectivity index (χ0v) is 8.03. The molecule has 0 aliphatic carbocycles. The number of halogens is 2. The first-order chi connectivity index (χ1) is 5.13. The van der Waals surface area contributed by atoms with Gasteiger partial charge in [-0.15, -0.1) is 0 Å². The minimum absolute atomic E-state index is 0.348. The van der Waals surface area contributed by atoms with Crippen molar-refractivity contribution in [3.05, 3.63) is 0 Å². The van der Waals surface area contributed by atoms with Crippen LogP contribution in [-0.2, 0) is 0 Å². The molecule has 0 unspecified atom stereocenters. The van der Waals surface area contributed by atoms with E-state index in [1.165, 1.54) is 0 Å². The first-order valence-corrected chi connectivity index (χ1v) is 4.72. The van der Waals surface area contributed by atoms with Gasteiger partial charge in [0.1, 0.15) is 0 Å². The highest BCUT2D eigenvalue weighted by atomic mass is 127. The van der Waals surface area contributed by atoms with Gasteiger partial charge in [0.2, 0.25) is 0 Å². The summed E-state index contributed by atoms with van der Waals surface area (Å²) in [6.07, 6.45) is -1.76. The number of β-amino-alcohol motifs (C(OH)–C–C–N with tert-alkyl or cyclic N) is 1. The van der Waals surface area contributed by atoms with Crippen LogP contribution in [0, 0.1) is 5.92 Å². The van der Waals surface area contributed by atoms with Crippen molar-refractivity contribution in [1.29, 1.82) is 0 Å². The summed E-state index contributed by atoms with van der Waals surface area (Å²) >= 11 is 1.61. The second-order valence-electron chi connectivity index (χ2n) is 2.71. The van der Waals surface area contributed by atoms with Crippen molar-refractivity contribution >= 4 is 22.6 Å². The Balaban J connectivity index is 2.51. The lowest BCUT2D eigenvalue weighted by Crippen LogP contribution is -2.52. The first kappa shape index (κ1) is 9.63. The van der Waals surface area contributed by atoms with Gasteiger partial charge in [-0.25, -0.2) is 4.39 Å². The highest BCUT2D eigenvalue weighted by Gasteiger charge is 2.34. The zero-order chi connectivity index (χ0) is 8.43. The maximum atomic E-state index is 12.7. The molecule has 0 bridgehead atoms. The van der Waals surface area contributed by atoms with E-state index >= 15 is 0 Å². The van der Waals surface area contributed by atoms with Gasteiger partial charge in [0.05, 0.1) is 12.2 Å². The fourth-order valence-corrected chi connectivity index (χ4v) is 1.84. The third-order valence-electron chi connectivity index (χ3n) is 1.89. The van der Waals surface area contributed by atoms with Gasteiger partial charge in [-0.3, -0.25) is 0 Å². The molecule has 1 aliphatic rings. The summed E-state index contributed by atoms with van der Waals surface area (Å²) in [6.45, 7) is 0.781. The molecule has 0 amide bonds. The summed E-state index contributed by atoms with van der Waals surface area (Å²) in [7, 11) is 0. The van der Waals surface area contributed by atoms with Crippen LogP contribution in [-0.4, -0.2) is 39.7 Å². The fourth-order valence-electron chi connectivity index (χ4n) is 1.16. The predicted octanol–water partition coefficient (Wildman–Crippen LogP) is -0.342. The van der Waals surface area contributed by atoms with Crippen LogP contribution in [0.2, 0.25) is 0 Å². The monoisotopic (exact) mass is 275 g/mol. The molecule has 11 heavy (non-hydrogen) atoms. The number of rotatable bonds is 1. The maximum Gasteiger partial charge on any atom is 0.157 e. The molecule has 0 aromatic carbocycles. The molecule has 1 rings (SSSR count). The lowest BCUT2D eigenvalue weighted by Gasteiger charge is -2.32. The van der Waals surface area contributed by atoms with Crippen LogP contribution in [0.3, 0.4) is 0 Å². The molecule has 1 fully saturated rings. The number of nitrogens with one attached hydrogen (secondary N) is 1. The van der Waals surface area contributed by atoms with E-state index in [0.29, 0.717) is 13.1 Å². The molecule has 1 heterocycles. The number of hydrogen-bond donors (Lipinski definition) is 3. The van der Waals surface area contributed by atoms with Gasteiger partial charge >= 0.3 is 0 Å². The van der Waals surface area contributed by atoms with Gasteiger partial charge in [-0.05, 0) is 22.6 Å². The number of aliphatic hydroxyl groups is 2. The zero-order valence-electron chi connectivity index (χ0n) is 5.87. The van der Waals surface area contributed by atoms with Gasteiger partial charge in [-0.2, -0.15) is 0 Å². The molecular formula is C6H11FINO2. The largest absolute Gasteiger partial charge is 0.390 e. The van der Waals surface area contributed by atoms with E-state index in [1.807, 2.05) is 0 Å². The van der Waals surface area contributed by atoms with Crippen LogP contribution in [0.15, 0.2) is 0 Å². The van der Waals surface area contributed by atoms with Crippen LogP contribution in [0.25, 0.3) is 0 Å². The maximum absolute atomic E-state index is 12.7. The topological polar surface area (TPSA) is 52.5 Å². The van der Waals surface area contributed by atoms with Crippen LogP contribution in [0.4, 0.5) is 4.39 Å². The lowest BCUT2D eigenvalue weighted by molar-refractivity contribution is -0.0430. The average molecular weight is 275 g/mol. The average Bonchev–Trinajstić information content (AvgIpc) is 1.94. The van der Waals surface area contributed by atoms with E-state index in [0.717, 1.165) is 0 Å². The Morgan fingerprint density at radius 2 is 2.09 bits per heavy atom. The summed E-state index contributed by atoms with van der Waals surface area (Å²) in [6, 6.07) is 0. The van der Waals surface area contributed by atoms with Gasteiger partial charge in [0.15, 0.2) is 4.18 Å². The first-order valence-electron chi connectivity index (χ1n) is 3.48. The van der Waals surface area contributed by atoms with Gasteiger partial charge < -0.3 is 15.5 Å². The number of hydrogen-bond acceptors (Lipinski definition) is 3. The molecular weight excluding hydrogens is 264 g/mol. The van der Waals surface area contributed by atoms with Gasteiger partial charge in [0.25, 0.3) is 0 Å². The normalized spacial score (nSPS) is 42.0. The molecule has 1 aliphatic heterocycles. The summed E-state index contributed by atoms with van der Waals surface area (Å²) in [5, 5.41) is 21.2. The standard InChI is InChI=1S/C6H11FINO2/c7-6(8)3-1-9-2-4(10)5(3)11/h3-6,9-11H,1-2H2/t3-,4+,5+,6+/m0/s1. The Morgan fingerprint density at radius 3 is 2.55 bits per heavy atom. The number of piperidine rings is 1. The van der Waals surface area contributed by atoms with Crippen molar-refractivity contribution in [1.82, 2.24) is 5.32 Å². The number of aliphatic hydroxyl groups excluding tert-OH is 2. The highest BCUT2D eigenvalue weighted by Crippen LogP contribution is 2.22. The van der Waals surface area contributed by atoms with Crippen LogP contribution >= 0.6 is 22.6 Å². The highest BCUT2D eigenvalue weighted by molar-refractivity contribution is 14.1. The molecule has 4 atom stereocenters. The minimum Gasteiger partial charge on any atom is -0.390 e. The van der Waals surface area contributed by atoms with E-state index < -0.39 is 22.3 Å². The van der Waals surface area contributed by atoms with Crippen molar-refractivity contribution < 1.29 is 14.6 Å². The van der Waals surface area contributed by atoms with Crippen molar-refractivity contribution in [3.8, 4) is 0 Å². The number of alkyl halides is 2. The van der Waals surface area contributed by atoms with Gasteiger partial charge in [-0.1, -0.05) is 0 Å². The lowest BCUT2D eigenvalue weighted by atomic mass is 9.95. The Morgan fingerprint density at radius 1 is 1.45 bits per heavy atom. The van der Waals surface area contributed by atoms with E-state index in [-0.39, 0.29) is 0 Å². The summed E-state index contributed by atoms with van der Waals surface area (Å²) in [5.74, 6) is -0.487. The van der Waals surface area contributed by atoms with E-state index in [9.17, 15) is 9.50 Å². The molecule has 66 valence electrons. The fraction of sp³-hybridized carbons (Fsp3) is 1.00. The van der Waals surface area contributed by atoms with Crippen molar-refractivity contribution in [3.63, 3.8) is 0 Å². The van der Waals surface area contributed by atoms with Crippen LogP contribution < -0.4 is 5.32 Å². The molecule has 0 aromatic heterocycles. The molecule has 0 saturated carbocycles. The molecule has 3 N–H and O–H groups in total. The summed E-state index contributed by atoms with van der Waals surface area (Å²) in [4.78, 5) is 0. The molecule has 1 saturated heterocycles. The third kappa shape index (κ3) is 2.24. The molecule has 5 heteroatoms. The Bertz CT molecular complexity index is 136. The predicted molar refractivity (Wildman–Crippen MR) is 47.3 cm³/mol. The molecule has 0 spiro atoms. The SMILES string of the molecule is O[C@@H]1[C@@H]([C@H](F)I)CNC[C@H]1O. The Kier molecular flexibility index (Phi) is 3.48. The van der Waals surface area contributed by atoms with E-state index in [2.05, 4.69) is 5.32 Å². The summed E-state index contributed by atoms with van der Waals surface area (Å²) < 4.78 is 11.6. The third-order valence-corrected chi connectivity index (χ3v) is 2.81.